The highest BCUT2D eigenvalue weighted by molar-refractivity contribution is 5.90. The Morgan fingerprint density at radius 2 is 1.10 bits per heavy atom. The van der Waals surface area contributed by atoms with Gasteiger partial charge in [-0.1, -0.05) is 103 Å². The van der Waals surface area contributed by atoms with E-state index in [1.54, 1.807) is 6.08 Å². The molecule has 0 amide bonds. The summed E-state index contributed by atoms with van der Waals surface area (Å²) in [5.74, 6) is -0.314. The predicted molar refractivity (Wildman–Crippen MR) is 168 cm³/mol. The molecule has 0 spiro atoms. The first kappa shape index (κ1) is 37.2. The van der Waals surface area contributed by atoms with E-state index < -0.39 is 18.3 Å². The summed E-state index contributed by atoms with van der Waals surface area (Å²) in [6.07, 6.45) is 22.4. The summed E-state index contributed by atoms with van der Waals surface area (Å²) in [6.45, 7) is 4.07. The zero-order valence-corrected chi connectivity index (χ0v) is 26.9. The molecular weight excluding hydrogens is 532 g/mol. The number of aliphatic hydroxyl groups excluding tert-OH is 4. The quantitative estimate of drug-likeness (QED) is 0.0624. The van der Waals surface area contributed by atoms with Gasteiger partial charge in [-0.2, -0.15) is 0 Å². The van der Waals surface area contributed by atoms with Gasteiger partial charge in [0.1, 0.15) is 6.10 Å². The molecular formula is C35H64O7. The molecule has 2 rings (SSSR count). The van der Waals surface area contributed by atoms with Crippen molar-refractivity contribution >= 4 is 5.97 Å². The van der Waals surface area contributed by atoms with Gasteiger partial charge in [0.15, 0.2) is 0 Å². The molecule has 7 nitrogen and oxygen atoms in total. The van der Waals surface area contributed by atoms with Crippen molar-refractivity contribution in [2.75, 3.05) is 0 Å². The molecule has 246 valence electrons. The Balaban J connectivity index is 1.41. The summed E-state index contributed by atoms with van der Waals surface area (Å²) in [5, 5.41) is 41.7. The molecule has 0 aromatic rings. The third kappa shape index (κ3) is 16.2. The number of ether oxygens (including phenoxy) is 2. The van der Waals surface area contributed by atoms with E-state index in [0.717, 1.165) is 70.6 Å². The van der Waals surface area contributed by atoms with Crippen LogP contribution in [-0.4, -0.2) is 69.1 Å². The third-order valence-electron chi connectivity index (χ3n) is 9.11. The monoisotopic (exact) mass is 596 g/mol. The molecule has 1 unspecified atom stereocenters. The van der Waals surface area contributed by atoms with Crippen LogP contribution in [0.2, 0.25) is 0 Å². The van der Waals surface area contributed by atoms with E-state index in [0.29, 0.717) is 24.8 Å². The van der Waals surface area contributed by atoms with Crippen molar-refractivity contribution < 1.29 is 34.7 Å². The zero-order chi connectivity index (χ0) is 30.6. The van der Waals surface area contributed by atoms with E-state index >= 15 is 0 Å². The Kier molecular flexibility index (Phi) is 19.9. The highest BCUT2D eigenvalue weighted by Gasteiger charge is 2.34. The SMILES string of the molecule is CCCCCCCCCCCC[C@@H](O)[C@H]1CC[C@H]([C@H](O)CCCC[C@H](O)CCCCC[C@@H](O)CC2=CC(C)OC2=O)O1. The highest BCUT2D eigenvalue weighted by Crippen LogP contribution is 2.28. The number of carbonyl (C=O) groups is 1. The van der Waals surface area contributed by atoms with Gasteiger partial charge in [0.25, 0.3) is 0 Å². The normalized spacial score (nSPS) is 23.5. The smallest absolute Gasteiger partial charge is 0.334 e. The number of hydrogen-bond acceptors (Lipinski definition) is 7. The van der Waals surface area contributed by atoms with Crippen LogP contribution >= 0.6 is 0 Å². The minimum Gasteiger partial charge on any atom is -0.455 e. The molecule has 2 aliphatic rings. The summed E-state index contributed by atoms with van der Waals surface area (Å²) in [4.78, 5) is 11.6. The summed E-state index contributed by atoms with van der Waals surface area (Å²) in [5.41, 5.74) is 0.576. The number of hydrogen-bond donors (Lipinski definition) is 4. The minimum absolute atomic E-state index is 0.147. The molecule has 7 heteroatoms. The van der Waals surface area contributed by atoms with Crippen LogP contribution in [0.1, 0.15) is 162 Å². The Bertz CT molecular complexity index is 726. The number of unbranched alkanes of at least 4 members (excludes halogenated alkanes) is 12. The standard InChI is InChI=1S/C35H64O7/c1-3-4-5-6-7-8-9-10-11-15-21-31(38)33-23-24-34(42-33)32(39)22-17-16-19-29(36)18-13-12-14-20-30(37)26-28-25-27(2)41-35(28)40/h25,27,29-34,36-39H,3-24,26H2,1-2H3/t27?,29-,30-,31-,32-,33-,34-/m1/s1. The number of cyclic esters (lactones) is 1. The van der Waals surface area contributed by atoms with Gasteiger partial charge in [-0.25, -0.2) is 4.79 Å². The third-order valence-corrected chi connectivity index (χ3v) is 9.11. The molecule has 0 aromatic heterocycles. The second-order valence-electron chi connectivity index (χ2n) is 13.1. The van der Waals surface area contributed by atoms with E-state index in [1.807, 2.05) is 6.92 Å². The van der Waals surface area contributed by atoms with E-state index in [-0.39, 0.29) is 30.4 Å². The number of esters is 1. The van der Waals surface area contributed by atoms with Gasteiger partial charge in [0, 0.05) is 12.0 Å². The summed E-state index contributed by atoms with van der Waals surface area (Å²) in [7, 11) is 0. The molecule has 2 aliphatic heterocycles. The van der Waals surface area contributed by atoms with Crippen molar-refractivity contribution in [1.82, 2.24) is 0 Å². The van der Waals surface area contributed by atoms with Crippen LogP contribution in [0.5, 0.6) is 0 Å². The molecule has 1 fully saturated rings. The molecule has 42 heavy (non-hydrogen) atoms. The Morgan fingerprint density at radius 3 is 1.62 bits per heavy atom. The predicted octanol–water partition coefficient (Wildman–Crippen LogP) is 7.06. The minimum atomic E-state index is -0.530. The number of carbonyl (C=O) groups excluding carboxylic acids is 1. The maximum Gasteiger partial charge on any atom is 0.334 e. The molecule has 1 saturated heterocycles. The number of rotatable bonds is 26. The van der Waals surface area contributed by atoms with Gasteiger partial charge >= 0.3 is 5.97 Å². The average Bonchev–Trinajstić information content (AvgIpc) is 3.58. The maximum absolute atomic E-state index is 11.6. The molecule has 2 heterocycles. The maximum atomic E-state index is 11.6. The second-order valence-corrected chi connectivity index (χ2v) is 13.1. The van der Waals surface area contributed by atoms with Gasteiger partial charge in [0.05, 0.1) is 36.6 Å². The van der Waals surface area contributed by atoms with Crippen molar-refractivity contribution in [2.24, 2.45) is 0 Å². The summed E-state index contributed by atoms with van der Waals surface area (Å²) >= 11 is 0. The highest BCUT2D eigenvalue weighted by atomic mass is 16.5. The van der Waals surface area contributed by atoms with Crippen molar-refractivity contribution in [2.45, 2.75) is 204 Å². The lowest BCUT2D eigenvalue weighted by Crippen LogP contribution is -2.31. The Morgan fingerprint density at radius 1 is 0.667 bits per heavy atom. The summed E-state index contributed by atoms with van der Waals surface area (Å²) in [6, 6.07) is 0. The van der Waals surface area contributed by atoms with Crippen LogP contribution in [0.3, 0.4) is 0 Å². The van der Waals surface area contributed by atoms with Gasteiger partial charge in [0.2, 0.25) is 0 Å². The second kappa shape index (κ2) is 22.5. The lowest BCUT2D eigenvalue weighted by atomic mass is 9.99. The van der Waals surface area contributed by atoms with E-state index in [4.69, 9.17) is 9.47 Å². The van der Waals surface area contributed by atoms with E-state index in [9.17, 15) is 25.2 Å². The molecule has 0 radical (unpaired) electrons. The van der Waals surface area contributed by atoms with Crippen LogP contribution in [0.15, 0.2) is 11.6 Å². The molecule has 0 aliphatic carbocycles. The van der Waals surface area contributed by atoms with Crippen LogP contribution in [0.25, 0.3) is 0 Å². The van der Waals surface area contributed by atoms with Gasteiger partial charge in [-0.15, -0.1) is 0 Å². The first-order chi connectivity index (χ1) is 20.3. The van der Waals surface area contributed by atoms with Crippen molar-refractivity contribution in [3.8, 4) is 0 Å². The number of aliphatic hydroxyl groups is 4. The fourth-order valence-electron chi connectivity index (χ4n) is 6.42. The van der Waals surface area contributed by atoms with E-state index in [1.165, 1.54) is 57.8 Å². The lowest BCUT2D eigenvalue weighted by Gasteiger charge is -2.22. The van der Waals surface area contributed by atoms with Crippen molar-refractivity contribution in [3.63, 3.8) is 0 Å². The molecule has 0 saturated carbocycles. The van der Waals surface area contributed by atoms with Crippen LogP contribution < -0.4 is 0 Å². The van der Waals surface area contributed by atoms with Crippen molar-refractivity contribution in [3.05, 3.63) is 11.6 Å². The largest absolute Gasteiger partial charge is 0.455 e. The molecule has 0 bridgehead atoms. The average molecular weight is 597 g/mol. The van der Waals surface area contributed by atoms with Gasteiger partial charge in [-0.3, -0.25) is 0 Å². The van der Waals surface area contributed by atoms with E-state index in [2.05, 4.69) is 6.92 Å². The zero-order valence-electron chi connectivity index (χ0n) is 26.9. The van der Waals surface area contributed by atoms with Crippen molar-refractivity contribution in [1.29, 1.82) is 0 Å². The molecule has 7 atom stereocenters. The van der Waals surface area contributed by atoms with Crippen LogP contribution in [-0.2, 0) is 14.3 Å². The fraction of sp³-hybridized carbons (Fsp3) is 0.914. The van der Waals surface area contributed by atoms with Crippen LogP contribution in [0, 0.1) is 0 Å². The van der Waals surface area contributed by atoms with Gasteiger partial charge in [-0.05, 0) is 57.9 Å². The first-order valence-electron chi connectivity index (χ1n) is 17.6. The lowest BCUT2D eigenvalue weighted by molar-refractivity contribution is -0.139. The van der Waals surface area contributed by atoms with Gasteiger partial charge < -0.3 is 29.9 Å². The molecule has 4 N–H and O–H groups in total. The fourth-order valence-corrected chi connectivity index (χ4v) is 6.42. The Hall–Kier alpha value is -0.990. The topological polar surface area (TPSA) is 116 Å². The Labute approximate surface area is 256 Å². The molecule has 0 aromatic carbocycles. The summed E-state index contributed by atoms with van der Waals surface area (Å²) < 4.78 is 11.1. The van der Waals surface area contributed by atoms with Crippen LogP contribution in [0.4, 0.5) is 0 Å². The first-order valence-corrected chi connectivity index (χ1v) is 17.6.